The first-order valence-electron chi connectivity index (χ1n) is 10.0. The highest BCUT2D eigenvalue weighted by Gasteiger charge is 2.15. The van der Waals surface area contributed by atoms with Crippen LogP contribution in [0.25, 0.3) is 11.1 Å². The monoisotopic (exact) mass is 389 g/mol. The number of allylic oxidation sites excluding steroid dienone is 1. The molecule has 0 saturated carbocycles. The van der Waals surface area contributed by atoms with E-state index in [9.17, 15) is 4.79 Å². The summed E-state index contributed by atoms with van der Waals surface area (Å²) >= 11 is 0. The van der Waals surface area contributed by atoms with E-state index in [2.05, 4.69) is 72.8 Å². The van der Waals surface area contributed by atoms with Crippen LogP contribution in [-0.4, -0.2) is 5.91 Å². The summed E-state index contributed by atoms with van der Waals surface area (Å²) in [5.41, 5.74) is 13.0. The van der Waals surface area contributed by atoms with E-state index >= 15 is 0 Å². The normalized spacial score (nSPS) is 11.6. The van der Waals surface area contributed by atoms with Gasteiger partial charge in [0.25, 0.3) is 0 Å². The van der Waals surface area contributed by atoms with Gasteiger partial charge in [-0.3, -0.25) is 4.79 Å². The minimum Gasteiger partial charge on any atom is -0.366 e. The fourth-order valence-corrected chi connectivity index (χ4v) is 3.70. The lowest BCUT2D eigenvalue weighted by Crippen LogP contribution is -2.10. The third kappa shape index (κ3) is 4.39. The highest BCUT2D eigenvalue weighted by atomic mass is 16.1. The Morgan fingerprint density at radius 3 is 1.50 bits per heavy atom. The van der Waals surface area contributed by atoms with Crippen LogP contribution in [0.4, 0.5) is 0 Å². The summed E-state index contributed by atoms with van der Waals surface area (Å²) in [6.07, 6.45) is 0.798. The summed E-state index contributed by atoms with van der Waals surface area (Å²) in [5, 5.41) is 0. The van der Waals surface area contributed by atoms with Crippen molar-refractivity contribution in [2.75, 3.05) is 0 Å². The second-order valence-corrected chi connectivity index (χ2v) is 7.19. The summed E-state index contributed by atoms with van der Waals surface area (Å²) in [7, 11) is 0. The Morgan fingerprint density at radius 1 is 0.533 bits per heavy atom. The van der Waals surface area contributed by atoms with Crippen molar-refractivity contribution in [3.63, 3.8) is 0 Å². The number of primary amides is 1. The molecule has 146 valence electrons. The van der Waals surface area contributed by atoms with Gasteiger partial charge in [0.2, 0.25) is 5.91 Å². The molecule has 0 aromatic heterocycles. The minimum atomic E-state index is -0.417. The van der Waals surface area contributed by atoms with E-state index in [0.717, 1.165) is 23.1 Å². The van der Waals surface area contributed by atoms with E-state index in [-0.39, 0.29) is 0 Å². The molecule has 0 radical (unpaired) electrons. The van der Waals surface area contributed by atoms with Crippen molar-refractivity contribution in [3.8, 4) is 0 Å². The zero-order valence-corrected chi connectivity index (χ0v) is 16.7. The van der Waals surface area contributed by atoms with Crippen molar-refractivity contribution in [3.05, 3.63) is 143 Å². The molecule has 0 heterocycles. The van der Waals surface area contributed by atoms with Crippen LogP contribution in [0, 0.1) is 0 Å². The minimum absolute atomic E-state index is 0.417. The molecule has 0 bridgehead atoms. The molecule has 2 heteroatoms. The fourth-order valence-electron chi connectivity index (χ4n) is 3.70. The van der Waals surface area contributed by atoms with E-state index in [4.69, 9.17) is 5.73 Å². The van der Waals surface area contributed by atoms with Gasteiger partial charge in [-0.05, 0) is 52.0 Å². The first kappa shape index (κ1) is 19.4. The predicted molar refractivity (Wildman–Crippen MR) is 124 cm³/mol. The van der Waals surface area contributed by atoms with Crippen molar-refractivity contribution in [1.29, 1.82) is 0 Å². The molecule has 1 amide bonds. The third-order valence-electron chi connectivity index (χ3n) is 5.17. The molecule has 2 N–H and O–H groups in total. The van der Waals surface area contributed by atoms with Gasteiger partial charge in [0, 0.05) is 5.56 Å². The Hall–Kier alpha value is -3.91. The summed E-state index contributed by atoms with van der Waals surface area (Å²) in [6.45, 7) is 0. The Morgan fingerprint density at radius 2 is 0.967 bits per heavy atom. The maximum Gasteiger partial charge on any atom is 0.248 e. The Bertz CT molecular complexity index is 1150. The molecule has 0 aliphatic carbocycles. The molecule has 0 aliphatic heterocycles. The first-order chi connectivity index (χ1) is 14.7. The second-order valence-electron chi connectivity index (χ2n) is 7.19. The molecule has 4 rings (SSSR count). The molecule has 0 fully saturated rings. The molecular weight excluding hydrogens is 366 g/mol. The van der Waals surface area contributed by atoms with Gasteiger partial charge < -0.3 is 5.73 Å². The fraction of sp³-hybridized carbons (Fsp3) is 0.0357. The molecule has 4 aromatic rings. The van der Waals surface area contributed by atoms with Gasteiger partial charge in [-0.2, -0.15) is 0 Å². The maximum absolute atomic E-state index is 11.6. The Labute approximate surface area is 177 Å². The van der Waals surface area contributed by atoms with Gasteiger partial charge in [-0.25, -0.2) is 0 Å². The lowest BCUT2D eigenvalue weighted by molar-refractivity contribution is 0.100. The average Bonchev–Trinajstić information content (AvgIpc) is 2.81. The van der Waals surface area contributed by atoms with Crippen LogP contribution in [-0.2, 0) is 6.42 Å². The summed E-state index contributed by atoms with van der Waals surface area (Å²) < 4.78 is 0. The number of hydrogen-bond acceptors (Lipinski definition) is 1. The predicted octanol–water partition coefficient (Wildman–Crippen LogP) is 5.99. The number of nitrogens with two attached hydrogens (primary N) is 1. The van der Waals surface area contributed by atoms with Crippen LogP contribution < -0.4 is 5.73 Å². The van der Waals surface area contributed by atoms with Gasteiger partial charge in [-0.1, -0.05) is 103 Å². The quantitative estimate of drug-likeness (QED) is 0.405. The number of carbonyl (C=O) groups is 1. The van der Waals surface area contributed by atoms with E-state index in [1.165, 1.54) is 16.7 Å². The molecule has 0 atom stereocenters. The molecule has 0 saturated heterocycles. The average molecular weight is 389 g/mol. The van der Waals surface area contributed by atoms with Crippen molar-refractivity contribution in [1.82, 2.24) is 0 Å². The van der Waals surface area contributed by atoms with Gasteiger partial charge in [0.05, 0.1) is 0 Å². The van der Waals surface area contributed by atoms with Gasteiger partial charge >= 0.3 is 0 Å². The Balaban J connectivity index is 1.96. The van der Waals surface area contributed by atoms with Crippen molar-refractivity contribution < 1.29 is 4.79 Å². The van der Waals surface area contributed by atoms with Crippen molar-refractivity contribution in [2.24, 2.45) is 5.73 Å². The smallest absolute Gasteiger partial charge is 0.248 e. The second kappa shape index (κ2) is 9.06. The lowest BCUT2D eigenvalue weighted by atomic mass is 9.86. The van der Waals surface area contributed by atoms with Crippen LogP contribution in [0.5, 0.6) is 0 Å². The zero-order valence-electron chi connectivity index (χ0n) is 16.7. The van der Waals surface area contributed by atoms with Gasteiger partial charge in [0.15, 0.2) is 0 Å². The van der Waals surface area contributed by atoms with Crippen LogP contribution in [0.2, 0.25) is 0 Å². The lowest BCUT2D eigenvalue weighted by Gasteiger charge is -2.18. The Kier molecular flexibility index (Phi) is 5.86. The summed E-state index contributed by atoms with van der Waals surface area (Å²) in [6, 6.07) is 38.9. The number of rotatable bonds is 6. The number of amides is 1. The standard InChI is InChI=1S/C28H23NO/c29-28(30)25-18-16-24(17-19-25)27(23-14-8-3-9-15-23)26(22-12-6-2-7-13-22)20-21-10-4-1-5-11-21/h1-19H,20H2,(H2,29,30)/b27-26+. The van der Waals surface area contributed by atoms with Gasteiger partial charge in [-0.15, -0.1) is 0 Å². The van der Waals surface area contributed by atoms with Crippen molar-refractivity contribution in [2.45, 2.75) is 6.42 Å². The molecule has 30 heavy (non-hydrogen) atoms. The number of carbonyl (C=O) groups excluding carboxylic acids is 1. The summed E-state index contributed by atoms with van der Waals surface area (Å²) in [4.78, 5) is 11.6. The molecule has 4 aromatic carbocycles. The maximum atomic E-state index is 11.6. The molecular formula is C28H23NO. The van der Waals surface area contributed by atoms with Crippen LogP contribution in [0.3, 0.4) is 0 Å². The van der Waals surface area contributed by atoms with E-state index in [0.29, 0.717) is 5.56 Å². The van der Waals surface area contributed by atoms with Crippen molar-refractivity contribution >= 4 is 17.1 Å². The topological polar surface area (TPSA) is 43.1 Å². The van der Waals surface area contributed by atoms with Crippen LogP contribution in [0.1, 0.15) is 32.6 Å². The highest BCUT2D eigenvalue weighted by Crippen LogP contribution is 2.34. The summed E-state index contributed by atoms with van der Waals surface area (Å²) in [5.74, 6) is -0.417. The molecule has 0 unspecified atom stereocenters. The first-order valence-corrected chi connectivity index (χ1v) is 10.0. The zero-order chi connectivity index (χ0) is 20.8. The van der Waals surface area contributed by atoms with Gasteiger partial charge in [0.1, 0.15) is 0 Å². The molecule has 0 spiro atoms. The van der Waals surface area contributed by atoms with Crippen LogP contribution in [0.15, 0.2) is 115 Å². The van der Waals surface area contributed by atoms with E-state index < -0.39 is 5.91 Å². The largest absolute Gasteiger partial charge is 0.366 e. The number of benzene rings is 4. The van der Waals surface area contributed by atoms with E-state index in [1.54, 1.807) is 12.1 Å². The third-order valence-corrected chi connectivity index (χ3v) is 5.17. The number of hydrogen-bond donors (Lipinski definition) is 1. The molecule has 0 aliphatic rings. The SMILES string of the molecule is NC(=O)c1ccc(/C(=C(\Cc2ccccc2)c2ccccc2)c2ccccc2)cc1. The van der Waals surface area contributed by atoms with Crippen LogP contribution >= 0.6 is 0 Å². The highest BCUT2D eigenvalue weighted by molar-refractivity contribution is 6.00. The van der Waals surface area contributed by atoms with E-state index in [1.807, 2.05) is 30.3 Å². The molecule has 2 nitrogen and oxygen atoms in total.